The zero-order chi connectivity index (χ0) is 20.1. The molecular weight excluding hydrogens is 357 g/mol. The molecule has 8 heteroatoms. The van der Waals surface area contributed by atoms with E-state index in [1.54, 1.807) is 6.20 Å². The number of hydrogen-bond acceptors (Lipinski definition) is 6. The molecule has 1 aliphatic rings. The first-order valence-corrected chi connectivity index (χ1v) is 9.35. The molecule has 0 radical (unpaired) electrons. The van der Waals surface area contributed by atoms with Gasteiger partial charge in [-0.1, -0.05) is 49.3 Å². The van der Waals surface area contributed by atoms with Crippen LogP contribution in [0.4, 0.5) is 0 Å². The Morgan fingerprint density at radius 3 is 2.54 bits per heavy atom. The lowest BCUT2D eigenvalue weighted by atomic mass is 9.75. The third kappa shape index (κ3) is 4.96. The van der Waals surface area contributed by atoms with Crippen molar-refractivity contribution in [2.24, 2.45) is 11.1 Å². The van der Waals surface area contributed by atoms with Gasteiger partial charge in [-0.25, -0.2) is 0 Å². The Balaban J connectivity index is 1.60. The average molecular weight is 381 g/mol. The van der Waals surface area contributed by atoms with E-state index in [0.29, 0.717) is 18.6 Å². The van der Waals surface area contributed by atoms with E-state index >= 15 is 0 Å². The second-order valence-electron chi connectivity index (χ2n) is 7.29. The fraction of sp³-hybridized carbons (Fsp3) is 0.350. The molecule has 0 bridgehead atoms. The highest BCUT2D eigenvalue weighted by molar-refractivity contribution is 6.43. The maximum atomic E-state index is 12.4. The maximum Gasteiger partial charge on any atom is 0.475 e. The first kappa shape index (κ1) is 20.0. The molecule has 1 amide bonds. The first-order valence-electron chi connectivity index (χ1n) is 9.35. The van der Waals surface area contributed by atoms with Crippen LogP contribution in [0.1, 0.15) is 32.3 Å². The number of hydrogen-bond donors (Lipinski definition) is 3. The van der Waals surface area contributed by atoms with Gasteiger partial charge in [0.05, 0.1) is 17.3 Å². The second kappa shape index (κ2) is 8.99. The van der Waals surface area contributed by atoms with Crippen LogP contribution in [-0.4, -0.2) is 45.8 Å². The van der Waals surface area contributed by atoms with Crippen LogP contribution in [0.2, 0.25) is 0 Å². The fourth-order valence-electron chi connectivity index (χ4n) is 3.09. The van der Waals surface area contributed by atoms with E-state index in [4.69, 9.17) is 4.84 Å². The van der Waals surface area contributed by atoms with Gasteiger partial charge in [0, 0.05) is 18.2 Å². The quantitative estimate of drug-likeness (QED) is 0.635. The molecule has 3 rings (SSSR count). The summed E-state index contributed by atoms with van der Waals surface area (Å²) in [6, 6.07) is 13.5. The molecule has 7 nitrogen and oxygen atoms in total. The number of carbonyl (C=O) groups excluding carboxylic acids is 1. The van der Waals surface area contributed by atoms with Crippen LogP contribution in [-0.2, 0) is 9.63 Å². The standard InChI is InChI=1S/C20H24BN3O4/c1-13(2)11-19(21(26)27)23-20(25)18-12-17(24-28-18)15-8-6-14(7-9-15)16-5-3-4-10-22-16/h3-10,13,18-19,26-27H,11-12H2,1-2H3,(H,23,25). The Kier molecular flexibility index (Phi) is 6.43. The highest BCUT2D eigenvalue weighted by Gasteiger charge is 2.33. The van der Waals surface area contributed by atoms with Gasteiger partial charge < -0.3 is 20.2 Å². The van der Waals surface area contributed by atoms with Crippen molar-refractivity contribution in [3.63, 3.8) is 0 Å². The van der Waals surface area contributed by atoms with E-state index in [1.165, 1.54) is 0 Å². The molecule has 2 aromatic rings. The molecule has 0 spiro atoms. The molecule has 0 saturated carbocycles. The van der Waals surface area contributed by atoms with Crippen LogP contribution in [0.15, 0.2) is 53.8 Å². The Morgan fingerprint density at radius 2 is 1.93 bits per heavy atom. The third-order valence-corrected chi connectivity index (χ3v) is 4.55. The zero-order valence-corrected chi connectivity index (χ0v) is 15.9. The van der Waals surface area contributed by atoms with Crippen molar-refractivity contribution in [3.05, 3.63) is 54.2 Å². The van der Waals surface area contributed by atoms with Crippen LogP contribution < -0.4 is 5.32 Å². The number of oxime groups is 1. The summed E-state index contributed by atoms with van der Waals surface area (Å²) in [4.78, 5) is 22.0. The Hall–Kier alpha value is -2.71. The molecule has 28 heavy (non-hydrogen) atoms. The van der Waals surface area contributed by atoms with Crippen LogP contribution >= 0.6 is 0 Å². The highest BCUT2D eigenvalue weighted by Crippen LogP contribution is 2.21. The number of aromatic nitrogens is 1. The van der Waals surface area contributed by atoms with Gasteiger partial charge in [-0.15, -0.1) is 0 Å². The molecule has 146 valence electrons. The zero-order valence-electron chi connectivity index (χ0n) is 15.9. The van der Waals surface area contributed by atoms with Gasteiger partial charge in [-0.3, -0.25) is 9.78 Å². The number of pyridine rings is 1. The highest BCUT2D eigenvalue weighted by atomic mass is 16.6. The first-order chi connectivity index (χ1) is 13.4. The van der Waals surface area contributed by atoms with E-state index < -0.39 is 25.1 Å². The summed E-state index contributed by atoms with van der Waals surface area (Å²) in [6.07, 6.45) is 1.75. The van der Waals surface area contributed by atoms with Crippen LogP contribution in [0.5, 0.6) is 0 Å². The number of carbonyl (C=O) groups is 1. The van der Waals surface area contributed by atoms with Crippen molar-refractivity contribution >= 4 is 18.7 Å². The lowest BCUT2D eigenvalue weighted by molar-refractivity contribution is -0.131. The van der Waals surface area contributed by atoms with Gasteiger partial charge in [0.1, 0.15) is 0 Å². The molecule has 2 atom stereocenters. The van der Waals surface area contributed by atoms with Gasteiger partial charge in [0.2, 0.25) is 6.10 Å². The second-order valence-corrected chi connectivity index (χ2v) is 7.29. The largest absolute Gasteiger partial charge is 0.475 e. The van der Waals surface area contributed by atoms with E-state index in [1.807, 2.05) is 56.3 Å². The van der Waals surface area contributed by atoms with Crippen molar-refractivity contribution in [1.82, 2.24) is 10.3 Å². The van der Waals surface area contributed by atoms with E-state index in [-0.39, 0.29) is 5.92 Å². The number of amides is 1. The topological polar surface area (TPSA) is 104 Å². The summed E-state index contributed by atoms with van der Waals surface area (Å²) in [5.41, 5.74) is 3.43. The SMILES string of the molecule is CC(C)CC(NC(=O)C1CC(c2ccc(-c3ccccn3)cc2)=NO1)B(O)O. The predicted octanol–water partition coefficient (Wildman–Crippen LogP) is 1.78. The summed E-state index contributed by atoms with van der Waals surface area (Å²) < 4.78 is 0. The lowest BCUT2D eigenvalue weighted by Gasteiger charge is -2.20. The Labute approximate surface area is 164 Å². The van der Waals surface area contributed by atoms with Crippen molar-refractivity contribution in [2.45, 2.75) is 38.7 Å². The molecule has 0 fully saturated rings. The van der Waals surface area contributed by atoms with Gasteiger partial charge in [0.25, 0.3) is 5.91 Å². The molecule has 2 unspecified atom stereocenters. The summed E-state index contributed by atoms with van der Waals surface area (Å²) in [7, 11) is -1.62. The molecule has 1 aromatic carbocycles. The monoisotopic (exact) mass is 381 g/mol. The fourth-order valence-corrected chi connectivity index (χ4v) is 3.09. The Bertz CT molecular complexity index is 825. The van der Waals surface area contributed by atoms with Gasteiger partial charge >= 0.3 is 7.12 Å². The smallest absolute Gasteiger partial charge is 0.426 e. The molecule has 0 aliphatic carbocycles. The van der Waals surface area contributed by atoms with Crippen LogP contribution in [0.3, 0.4) is 0 Å². The van der Waals surface area contributed by atoms with Crippen LogP contribution in [0.25, 0.3) is 11.3 Å². The van der Waals surface area contributed by atoms with Gasteiger partial charge in [-0.2, -0.15) is 0 Å². The van der Waals surface area contributed by atoms with Crippen molar-refractivity contribution < 1.29 is 19.7 Å². The number of nitrogens with zero attached hydrogens (tertiary/aromatic N) is 2. The number of nitrogens with one attached hydrogen (secondary N) is 1. The minimum Gasteiger partial charge on any atom is -0.426 e. The van der Waals surface area contributed by atoms with E-state index in [2.05, 4.69) is 15.5 Å². The van der Waals surface area contributed by atoms with Gasteiger partial charge in [-0.05, 0) is 30.0 Å². The molecule has 0 saturated heterocycles. The van der Waals surface area contributed by atoms with E-state index in [0.717, 1.165) is 16.8 Å². The van der Waals surface area contributed by atoms with Crippen molar-refractivity contribution in [1.29, 1.82) is 0 Å². The van der Waals surface area contributed by atoms with Crippen molar-refractivity contribution in [2.75, 3.05) is 0 Å². The van der Waals surface area contributed by atoms with Gasteiger partial charge in [0.15, 0.2) is 0 Å². The minimum absolute atomic E-state index is 0.209. The molecular formula is C20H24BN3O4. The predicted molar refractivity (Wildman–Crippen MR) is 107 cm³/mol. The normalized spacial score (nSPS) is 17.0. The Morgan fingerprint density at radius 1 is 1.21 bits per heavy atom. The lowest BCUT2D eigenvalue weighted by Crippen LogP contribution is -2.50. The summed E-state index contributed by atoms with van der Waals surface area (Å²) >= 11 is 0. The van der Waals surface area contributed by atoms with Crippen molar-refractivity contribution in [3.8, 4) is 11.3 Å². The third-order valence-electron chi connectivity index (χ3n) is 4.55. The minimum atomic E-state index is -1.62. The summed E-state index contributed by atoms with van der Waals surface area (Å²) in [6.45, 7) is 3.90. The van der Waals surface area contributed by atoms with E-state index in [9.17, 15) is 14.8 Å². The molecule has 2 heterocycles. The molecule has 3 N–H and O–H groups in total. The number of benzene rings is 1. The number of rotatable bonds is 7. The average Bonchev–Trinajstić information content (AvgIpc) is 3.18. The molecule has 1 aromatic heterocycles. The maximum absolute atomic E-state index is 12.4. The molecule has 1 aliphatic heterocycles. The summed E-state index contributed by atoms with van der Waals surface area (Å²) in [5.74, 6) is -0.929. The summed E-state index contributed by atoms with van der Waals surface area (Å²) in [5, 5.41) is 25.6. The van der Waals surface area contributed by atoms with Crippen LogP contribution in [0, 0.1) is 5.92 Å².